The smallest absolute Gasteiger partial charge is 0.309 e. The van der Waals surface area contributed by atoms with Gasteiger partial charge >= 0.3 is 5.97 Å². The normalized spacial score (nSPS) is 20.7. The molecule has 1 aliphatic heterocycles. The van der Waals surface area contributed by atoms with Gasteiger partial charge in [-0.25, -0.2) is 0 Å². The van der Waals surface area contributed by atoms with Crippen LogP contribution in [0.25, 0.3) is 0 Å². The Bertz CT molecular complexity index is 344. The lowest BCUT2D eigenvalue weighted by Gasteiger charge is -2.05. The molecule has 6 nitrogen and oxygen atoms in total. The minimum absolute atomic E-state index is 0.0683. The average molecular weight is 211 g/mol. The Morgan fingerprint density at radius 3 is 3.27 bits per heavy atom. The van der Waals surface area contributed by atoms with Crippen LogP contribution in [0.1, 0.15) is 12.1 Å². The molecule has 0 aromatic carbocycles. The molecule has 0 saturated carbocycles. The van der Waals surface area contributed by atoms with Crippen LogP contribution >= 0.6 is 0 Å². The SMILES string of the molecule is O=C(O)Cc1cn(CC2CCOC2)nn1. The van der Waals surface area contributed by atoms with Crippen molar-refractivity contribution in [3.8, 4) is 0 Å². The molecule has 1 saturated heterocycles. The molecule has 0 spiro atoms. The number of hydrogen-bond acceptors (Lipinski definition) is 4. The second-order valence-electron chi connectivity index (χ2n) is 3.73. The van der Waals surface area contributed by atoms with Gasteiger partial charge in [-0.2, -0.15) is 0 Å². The fraction of sp³-hybridized carbons (Fsp3) is 0.667. The zero-order valence-electron chi connectivity index (χ0n) is 8.30. The molecule has 0 aliphatic carbocycles. The second kappa shape index (κ2) is 4.39. The summed E-state index contributed by atoms with van der Waals surface area (Å²) in [6.45, 7) is 2.32. The molecule has 0 bridgehead atoms. The topological polar surface area (TPSA) is 77.2 Å². The average Bonchev–Trinajstić information content (AvgIpc) is 2.77. The molecule has 6 heteroatoms. The highest BCUT2D eigenvalue weighted by atomic mass is 16.5. The third kappa shape index (κ3) is 2.76. The van der Waals surface area contributed by atoms with E-state index in [0.29, 0.717) is 11.6 Å². The van der Waals surface area contributed by atoms with Crippen molar-refractivity contribution in [3.05, 3.63) is 11.9 Å². The molecular weight excluding hydrogens is 198 g/mol. The van der Waals surface area contributed by atoms with Crippen molar-refractivity contribution in [1.29, 1.82) is 0 Å². The van der Waals surface area contributed by atoms with Crippen LogP contribution in [0.15, 0.2) is 6.20 Å². The molecule has 1 unspecified atom stereocenters. The zero-order chi connectivity index (χ0) is 10.7. The van der Waals surface area contributed by atoms with Crippen molar-refractivity contribution in [2.75, 3.05) is 13.2 Å². The van der Waals surface area contributed by atoms with Gasteiger partial charge in [-0.15, -0.1) is 5.10 Å². The Kier molecular flexibility index (Phi) is 2.96. The van der Waals surface area contributed by atoms with Gasteiger partial charge in [-0.1, -0.05) is 5.21 Å². The highest BCUT2D eigenvalue weighted by Crippen LogP contribution is 2.14. The molecule has 0 radical (unpaired) electrons. The van der Waals surface area contributed by atoms with E-state index in [1.807, 2.05) is 0 Å². The Labute approximate surface area is 86.8 Å². The molecule has 2 rings (SSSR count). The van der Waals surface area contributed by atoms with E-state index in [9.17, 15) is 4.79 Å². The summed E-state index contributed by atoms with van der Waals surface area (Å²) in [7, 11) is 0. The van der Waals surface area contributed by atoms with Gasteiger partial charge in [0, 0.05) is 25.3 Å². The van der Waals surface area contributed by atoms with Gasteiger partial charge in [0.05, 0.1) is 18.7 Å². The summed E-state index contributed by atoms with van der Waals surface area (Å²) in [6, 6.07) is 0. The monoisotopic (exact) mass is 211 g/mol. The molecule has 1 aliphatic rings. The third-order valence-electron chi connectivity index (χ3n) is 2.39. The predicted molar refractivity (Wildman–Crippen MR) is 50.3 cm³/mol. The van der Waals surface area contributed by atoms with Gasteiger partial charge in [0.15, 0.2) is 0 Å². The van der Waals surface area contributed by atoms with Crippen molar-refractivity contribution in [1.82, 2.24) is 15.0 Å². The molecule has 0 amide bonds. The van der Waals surface area contributed by atoms with Gasteiger partial charge in [0.1, 0.15) is 0 Å². The Balaban J connectivity index is 1.91. The van der Waals surface area contributed by atoms with E-state index >= 15 is 0 Å². The van der Waals surface area contributed by atoms with Crippen molar-refractivity contribution >= 4 is 5.97 Å². The van der Waals surface area contributed by atoms with Crippen LogP contribution in [0.3, 0.4) is 0 Å². The van der Waals surface area contributed by atoms with E-state index < -0.39 is 5.97 Å². The molecule has 1 aromatic heterocycles. The van der Waals surface area contributed by atoms with Crippen molar-refractivity contribution < 1.29 is 14.6 Å². The maximum atomic E-state index is 10.4. The van der Waals surface area contributed by atoms with E-state index in [1.165, 1.54) is 0 Å². The summed E-state index contributed by atoms with van der Waals surface area (Å²) in [5.74, 6) is -0.407. The molecular formula is C9H13N3O3. The first-order valence-electron chi connectivity index (χ1n) is 4.92. The van der Waals surface area contributed by atoms with E-state index in [-0.39, 0.29) is 6.42 Å². The number of ether oxygens (including phenoxy) is 1. The minimum Gasteiger partial charge on any atom is -0.481 e. The van der Waals surface area contributed by atoms with Gasteiger partial charge in [0.25, 0.3) is 0 Å². The quantitative estimate of drug-likeness (QED) is 0.755. The maximum absolute atomic E-state index is 10.4. The van der Waals surface area contributed by atoms with Crippen molar-refractivity contribution in [2.45, 2.75) is 19.4 Å². The van der Waals surface area contributed by atoms with Gasteiger partial charge in [-0.3, -0.25) is 9.48 Å². The van der Waals surface area contributed by atoms with Crippen LogP contribution in [0.2, 0.25) is 0 Å². The molecule has 15 heavy (non-hydrogen) atoms. The summed E-state index contributed by atoms with van der Waals surface area (Å²) in [4.78, 5) is 10.4. The van der Waals surface area contributed by atoms with Gasteiger partial charge < -0.3 is 9.84 Å². The molecule has 1 atom stereocenters. The molecule has 2 heterocycles. The fourth-order valence-electron chi connectivity index (χ4n) is 1.66. The van der Waals surface area contributed by atoms with Crippen molar-refractivity contribution in [3.63, 3.8) is 0 Å². The molecule has 82 valence electrons. The van der Waals surface area contributed by atoms with E-state index in [0.717, 1.165) is 26.2 Å². The number of nitrogens with zero attached hydrogens (tertiary/aromatic N) is 3. The number of hydrogen-bond donors (Lipinski definition) is 1. The number of carbonyl (C=O) groups is 1. The van der Waals surface area contributed by atoms with Crippen molar-refractivity contribution in [2.24, 2.45) is 5.92 Å². The molecule has 1 fully saturated rings. The lowest BCUT2D eigenvalue weighted by Crippen LogP contribution is -2.11. The first-order valence-corrected chi connectivity index (χ1v) is 4.92. The first-order chi connectivity index (χ1) is 7.24. The van der Waals surface area contributed by atoms with E-state index in [2.05, 4.69) is 10.3 Å². The Morgan fingerprint density at radius 1 is 1.73 bits per heavy atom. The number of aromatic nitrogens is 3. The van der Waals surface area contributed by atoms with E-state index in [4.69, 9.17) is 9.84 Å². The van der Waals surface area contributed by atoms with E-state index in [1.54, 1.807) is 10.9 Å². The number of aliphatic carboxylic acids is 1. The number of rotatable bonds is 4. The highest BCUT2D eigenvalue weighted by Gasteiger charge is 2.17. The Morgan fingerprint density at radius 2 is 2.60 bits per heavy atom. The van der Waals surface area contributed by atoms with Gasteiger partial charge in [0.2, 0.25) is 0 Å². The highest BCUT2D eigenvalue weighted by molar-refractivity contribution is 5.69. The fourth-order valence-corrected chi connectivity index (χ4v) is 1.66. The maximum Gasteiger partial charge on any atom is 0.309 e. The Hall–Kier alpha value is -1.43. The third-order valence-corrected chi connectivity index (χ3v) is 2.39. The van der Waals surface area contributed by atoms with Crippen LogP contribution in [0, 0.1) is 5.92 Å². The molecule has 1 aromatic rings. The lowest BCUT2D eigenvalue weighted by atomic mass is 10.1. The number of carboxylic acid groups (broad SMARTS) is 1. The summed E-state index contributed by atoms with van der Waals surface area (Å²) in [5.41, 5.74) is 0.501. The first kappa shape index (κ1) is 10.1. The molecule has 1 N–H and O–H groups in total. The lowest BCUT2D eigenvalue weighted by molar-refractivity contribution is -0.136. The predicted octanol–water partition coefficient (Wildman–Crippen LogP) is -0.0583. The number of carboxylic acids is 1. The van der Waals surface area contributed by atoms with Crippen LogP contribution < -0.4 is 0 Å². The van der Waals surface area contributed by atoms with Crippen LogP contribution in [0.4, 0.5) is 0 Å². The summed E-state index contributed by atoms with van der Waals surface area (Å²) < 4.78 is 6.94. The van der Waals surface area contributed by atoms with Gasteiger partial charge in [-0.05, 0) is 6.42 Å². The summed E-state index contributed by atoms with van der Waals surface area (Å²) in [6.07, 6.45) is 2.65. The second-order valence-corrected chi connectivity index (χ2v) is 3.73. The van der Waals surface area contributed by atoms with Crippen LogP contribution in [0.5, 0.6) is 0 Å². The van der Waals surface area contributed by atoms with Crippen LogP contribution in [-0.2, 0) is 22.5 Å². The summed E-state index contributed by atoms with van der Waals surface area (Å²) in [5, 5.41) is 16.2. The largest absolute Gasteiger partial charge is 0.481 e. The van der Waals surface area contributed by atoms with Crippen LogP contribution in [-0.4, -0.2) is 39.3 Å². The zero-order valence-corrected chi connectivity index (χ0v) is 8.30. The summed E-state index contributed by atoms with van der Waals surface area (Å²) >= 11 is 0. The minimum atomic E-state index is -0.883. The standard InChI is InChI=1S/C9H13N3O3/c13-9(14)3-8-5-12(11-10-8)4-7-1-2-15-6-7/h5,7H,1-4,6H2,(H,13,14).